The van der Waals surface area contributed by atoms with E-state index in [0.717, 1.165) is 24.9 Å². The Labute approximate surface area is 82.1 Å². The second-order valence-corrected chi connectivity index (χ2v) is 3.62. The summed E-state index contributed by atoms with van der Waals surface area (Å²) >= 11 is 0. The Morgan fingerprint density at radius 3 is 2.86 bits per heavy atom. The first-order valence-corrected chi connectivity index (χ1v) is 4.89. The van der Waals surface area contributed by atoms with Gasteiger partial charge in [-0.1, -0.05) is 18.2 Å². The monoisotopic (exact) mass is 197 g/mol. The maximum absolute atomic E-state index is 12.4. The lowest BCUT2D eigenvalue weighted by Gasteiger charge is -2.11. The fourth-order valence-corrected chi connectivity index (χ4v) is 1.88. The van der Waals surface area contributed by atoms with Crippen molar-refractivity contribution in [1.29, 1.82) is 0 Å². The molecule has 1 N–H and O–H groups in total. The standard InChI is InChI=1S/C11H13F2N/c12-11(13)9-4-1-3-8(7-9)10-5-2-6-14-10/h1,3-4,7,10-11,14H,2,5-6H2/t10-/m0/s1. The van der Waals surface area contributed by atoms with Crippen LogP contribution in [0.2, 0.25) is 0 Å². The Morgan fingerprint density at radius 1 is 1.36 bits per heavy atom. The molecule has 14 heavy (non-hydrogen) atoms. The van der Waals surface area contributed by atoms with Crippen molar-refractivity contribution < 1.29 is 8.78 Å². The maximum Gasteiger partial charge on any atom is 0.263 e. The topological polar surface area (TPSA) is 12.0 Å². The van der Waals surface area contributed by atoms with Gasteiger partial charge in [-0.05, 0) is 31.0 Å². The van der Waals surface area contributed by atoms with E-state index in [0.29, 0.717) is 0 Å². The van der Waals surface area contributed by atoms with E-state index < -0.39 is 6.43 Å². The fourth-order valence-electron chi connectivity index (χ4n) is 1.88. The van der Waals surface area contributed by atoms with Crippen molar-refractivity contribution in [3.05, 3.63) is 35.4 Å². The number of alkyl halides is 2. The molecule has 2 rings (SSSR count). The van der Waals surface area contributed by atoms with E-state index in [1.807, 2.05) is 6.07 Å². The van der Waals surface area contributed by atoms with Gasteiger partial charge >= 0.3 is 0 Å². The van der Waals surface area contributed by atoms with Crippen molar-refractivity contribution in [2.45, 2.75) is 25.3 Å². The summed E-state index contributed by atoms with van der Waals surface area (Å²) in [6.07, 6.45) is -0.188. The lowest BCUT2D eigenvalue weighted by molar-refractivity contribution is 0.151. The average molecular weight is 197 g/mol. The number of benzene rings is 1. The molecule has 0 unspecified atom stereocenters. The van der Waals surface area contributed by atoms with Gasteiger partial charge in [0, 0.05) is 11.6 Å². The lowest BCUT2D eigenvalue weighted by Crippen LogP contribution is -2.12. The highest BCUT2D eigenvalue weighted by molar-refractivity contribution is 5.27. The first-order valence-electron chi connectivity index (χ1n) is 4.89. The third kappa shape index (κ3) is 1.93. The molecule has 1 atom stereocenters. The van der Waals surface area contributed by atoms with Crippen LogP contribution in [-0.4, -0.2) is 6.54 Å². The molecule has 1 fully saturated rings. The molecule has 1 nitrogen and oxygen atoms in total. The van der Waals surface area contributed by atoms with Crippen molar-refractivity contribution >= 4 is 0 Å². The van der Waals surface area contributed by atoms with Gasteiger partial charge in [0.25, 0.3) is 6.43 Å². The largest absolute Gasteiger partial charge is 0.310 e. The Balaban J connectivity index is 2.21. The van der Waals surface area contributed by atoms with Crippen LogP contribution in [0.3, 0.4) is 0 Å². The molecular formula is C11H13F2N. The van der Waals surface area contributed by atoms with Crippen LogP contribution in [0.4, 0.5) is 8.78 Å². The second-order valence-electron chi connectivity index (χ2n) is 3.62. The van der Waals surface area contributed by atoms with E-state index in [1.165, 1.54) is 6.07 Å². The summed E-state index contributed by atoms with van der Waals surface area (Å²) in [5.74, 6) is 0. The summed E-state index contributed by atoms with van der Waals surface area (Å²) in [4.78, 5) is 0. The zero-order valence-corrected chi connectivity index (χ0v) is 7.84. The van der Waals surface area contributed by atoms with Crippen LogP contribution < -0.4 is 5.32 Å². The third-order valence-electron chi connectivity index (χ3n) is 2.63. The van der Waals surface area contributed by atoms with Gasteiger partial charge in [0.15, 0.2) is 0 Å². The van der Waals surface area contributed by atoms with Gasteiger partial charge in [-0.3, -0.25) is 0 Å². The minimum Gasteiger partial charge on any atom is -0.310 e. The number of hydrogen-bond acceptors (Lipinski definition) is 1. The predicted octanol–water partition coefficient (Wildman–Crippen LogP) is 3.05. The summed E-state index contributed by atoms with van der Waals surface area (Å²) in [6, 6.07) is 6.97. The quantitative estimate of drug-likeness (QED) is 0.768. The van der Waals surface area contributed by atoms with E-state index in [9.17, 15) is 8.78 Å². The zero-order valence-electron chi connectivity index (χ0n) is 7.84. The van der Waals surface area contributed by atoms with Gasteiger partial charge in [0.2, 0.25) is 0 Å². The minimum absolute atomic E-state index is 0.121. The molecule has 0 saturated carbocycles. The first kappa shape index (κ1) is 9.59. The molecule has 1 aromatic carbocycles. The molecule has 0 amide bonds. The Hall–Kier alpha value is -0.960. The molecule has 1 aliphatic heterocycles. The molecule has 0 radical (unpaired) electrons. The van der Waals surface area contributed by atoms with E-state index in [-0.39, 0.29) is 11.6 Å². The summed E-state index contributed by atoms with van der Waals surface area (Å²) in [5, 5.41) is 3.29. The molecule has 1 aromatic rings. The summed E-state index contributed by atoms with van der Waals surface area (Å²) in [6.45, 7) is 0.990. The van der Waals surface area contributed by atoms with Gasteiger partial charge in [0.1, 0.15) is 0 Å². The number of rotatable bonds is 2. The first-order chi connectivity index (χ1) is 6.77. The van der Waals surface area contributed by atoms with E-state index in [1.54, 1.807) is 12.1 Å². The lowest BCUT2D eigenvalue weighted by atomic mass is 10.0. The highest BCUT2D eigenvalue weighted by Gasteiger charge is 2.17. The molecule has 0 aliphatic carbocycles. The fraction of sp³-hybridized carbons (Fsp3) is 0.455. The van der Waals surface area contributed by atoms with E-state index in [4.69, 9.17) is 0 Å². The van der Waals surface area contributed by atoms with E-state index >= 15 is 0 Å². The summed E-state index contributed by atoms with van der Waals surface area (Å²) in [7, 11) is 0. The third-order valence-corrected chi connectivity index (χ3v) is 2.63. The average Bonchev–Trinajstić information content (AvgIpc) is 2.71. The van der Waals surface area contributed by atoms with Crippen molar-refractivity contribution in [2.75, 3.05) is 6.54 Å². The van der Waals surface area contributed by atoms with Crippen LogP contribution in [0.5, 0.6) is 0 Å². The number of nitrogens with one attached hydrogen (secondary N) is 1. The van der Waals surface area contributed by atoms with Crippen molar-refractivity contribution in [2.24, 2.45) is 0 Å². The minimum atomic E-state index is -2.36. The molecular weight excluding hydrogens is 184 g/mol. The van der Waals surface area contributed by atoms with Crippen LogP contribution >= 0.6 is 0 Å². The molecule has 0 aromatic heterocycles. The van der Waals surface area contributed by atoms with Crippen molar-refractivity contribution in [1.82, 2.24) is 5.32 Å². The molecule has 1 saturated heterocycles. The van der Waals surface area contributed by atoms with Crippen molar-refractivity contribution in [3.8, 4) is 0 Å². The molecule has 0 spiro atoms. The Kier molecular flexibility index (Phi) is 2.77. The van der Waals surface area contributed by atoms with Gasteiger partial charge in [-0.15, -0.1) is 0 Å². The van der Waals surface area contributed by atoms with Gasteiger partial charge in [-0.25, -0.2) is 8.78 Å². The zero-order chi connectivity index (χ0) is 9.97. The van der Waals surface area contributed by atoms with E-state index in [2.05, 4.69) is 5.32 Å². The van der Waals surface area contributed by atoms with Gasteiger partial charge in [0.05, 0.1) is 0 Å². The Bertz CT molecular complexity index is 306. The van der Waals surface area contributed by atoms with Crippen molar-refractivity contribution in [3.63, 3.8) is 0 Å². The smallest absolute Gasteiger partial charge is 0.263 e. The molecule has 76 valence electrons. The number of halogens is 2. The highest BCUT2D eigenvalue weighted by atomic mass is 19.3. The normalized spacial score (nSPS) is 21.8. The molecule has 1 heterocycles. The molecule has 1 aliphatic rings. The highest BCUT2D eigenvalue weighted by Crippen LogP contribution is 2.26. The van der Waals surface area contributed by atoms with Crippen LogP contribution in [-0.2, 0) is 0 Å². The van der Waals surface area contributed by atoms with Crippen LogP contribution in [0.25, 0.3) is 0 Å². The van der Waals surface area contributed by atoms with Gasteiger partial charge in [-0.2, -0.15) is 0 Å². The SMILES string of the molecule is FC(F)c1cccc([C@@H]2CCCN2)c1. The number of hydrogen-bond donors (Lipinski definition) is 1. The van der Waals surface area contributed by atoms with Crippen LogP contribution in [0.15, 0.2) is 24.3 Å². The molecule has 3 heteroatoms. The second kappa shape index (κ2) is 4.05. The van der Waals surface area contributed by atoms with Crippen LogP contribution in [0.1, 0.15) is 36.4 Å². The maximum atomic E-state index is 12.4. The Morgan fingerprint density at radius 2 is 2.21 bits per heavy atom. The molecule has 0 bridgehead atoms. The van der Waals surface area contributed by atoms with Crippen LogP contribution in [0, 0.1) is 0 Å². The summed E-state index contributed by atoms with van der Waals surface area (Å²) < 4.78 is 24.8. The predicted molar refractivity (Wildman–Crippen MR) is 51.4 cm³/mol. The van der Waals surface area contributed by atoms with Gasteiger partial charge < -0.3 is 5.32 Å². The summed E-state index contributed by atoms with van der Waals surface area (Å²) in [5.41, 5.74) is 1.11.